The van der Waals surface area contributed by atoms with Crippen molar-refractivity contribution in [1.82, 2.24) is 0 Å². The first-order chi connectivity index (χ1) is 8.06. The molecule has 2 heterocycles. The molecule has 0 amide bonds. The zero-order valence-electron chi connectivity index (χ0n) is 9.00. The number of carbonyl (C=O) groups is 3. The lowest BCUT2D eigenvalue weighted by molar-refractivity contribution is -0.196. The zero-order valence-corrected chi connectivity index (χ0v) is 9.00. The van der Waals surface area contributed by atoms with Crippen molar-refractivity contribution in [2.24, 2.45) is 23.7 Å². The van der Waals surface area contributed by atoms with Crippen LogP contribution in [0.2, 0.25) is 0 Å². The maximum absolute atomic E-state index is 11.5. The van der Waals surface area contributed by atoms with Crippen LogP contribution in [0.1, 0.15) is 19.3 Å². The average molecular weight is 240 g/mol. The normalized spacial score (nSPS) is 44.8. The monoisotopic (exact) mass is 240 g/mol. The molecule has 92 valence electrons. The third-order valence-electron chi connectivity index (χ3n) is 3.95. The van der Waals surface area contributed by atoms with Crippen molar-refractivity contribution in [3.8, 4) is 0 Å². The Morgan fingerprint density at radius 1 is 0.941 bits per heavy atom. The van der Waals surface area contributed by atoms with Gasteiger partial charge in [-0.2, -0.15) is 0 Å². The van der Waals surface area contributed by atoms with Gasteiger partial charge in [0.2, 0.25) is 6.29 Å². The van der Waals surface area contributed by atoms with Crippen molar-refractivity contribution in [2.75, 3.05) is 0 Å². The molecule has 3 fully saturated rings. The highest BCUT2D eigenvalue weighted by Crippen LogP contribution is 2.44. The molecule has 0 aromatic carbocycles. The first-order valence-electron chi connectivity index (χ1n) is 5.70. The molecule has 0 spiro atoms. The number of esters is 3. The van der Waals surface area contributed by atoms with Crippen molar-refractivity contribution < 1.29 is 29.0 Å². The van der Waals surface area contributed by atoms with E-state index < -0.39 is 42.0 Å². The summed E-state index contributed by atoms with van der Waals surface area (Å²) in [5, 5.41) is 9.61. The van der Waals surface area contributed by atoms with Gasteiger partial charge in [-0.1, -0.05) is 0 Å². The van der Waals surface area contributed by atoms with Crippen LogP contribution >= 0.6 is 0 Å². The maximum Gasteiger partial charge on any atom is 0.317 e. The number of rotatable bonds is 0. The number of carbonyl (C=O) groups excluding carboxylic acids is 3. The van der Waals surface area contributed by atoms with Gasteiger partial charge in [0.25, 0.3) is 0 Å². The summed E-state index contributed by atoms with van der Waals surface area (Å²) in [6.07, 6.45) is -0.0496. The lowest BCUT2D eigenvalue weighted by atomic mass is 9.87. The summed E-state index contributed by atoms with van der Waals surface area (Å²) < 4.78 is 9.41. The summed E-state index contributed by atoms with van der Waals surface area (Å²) in [5.74, 6) is -3.32. The predicted molar refractivity (Wildman–Crippen MR) is 51.0 cm³/mol. The second-order valence-corrected chi connectivity index (χ2v) is 4.94. The Balaban J connectivity index is 1.92. The topological polar surface area (TPSA) is 89.9 Å². The predicted octanol–water partition coefficient (Wildman–Crippen LogP) is -0.406. The van der Waals surface area contributed by atoms with E-state index in [2.05, 4.69) is 4.74 Å². The molecule has 2 unspecified atom stereocenters. The molecule has 6 nitrogen and oxygen atoms in total. The molecule has 2 bridgehead atoms. The van der Waals surface area contributed by atoms with Gasteiger partial charge in [0, 0.05) is 5.92 Å². The van der Waals surface area contributed by atoms with Gasteiger partial charge in [0.05, 0.1) is 17.8 Å². The van der Waals surface area contributed by atoms with E-state index in [-0.39, 0.29) is 12.3 Å². The number of hydrogen-bond acceptors (Lipinski definition) is 6. The van der Waals surface area contributed by atoms with Crippen LogP contribution in [-0.2, 0) is 23.9 Å². The highest BCUT2D eigenvalue weighted by atomic mass is 16.6. The average Bonchev–Trinajstić information content (AvgIpc) is 2.49. The fourth-order valence-electron chi connectivity index (χ4n) is 3.03. The van der Waals surface area contributed by atoms with Crippen molar-refractivity contribution in [3.05, 3.63) is 0 Å². The summed E-state index contributed by atoms with van der Waals surface area (Å²) in [6, 6.07) is 0. The van der Waals surface area contributed by atoms with Gasteiger partial charge in [-0.3, -0.25) is 14.4 Å². The van der Waals surface area contributed by atoms with E-state index in [1.165, 1.54) is 0 Å². The highest BCUT2D eigenvalue weighted by Gasteiger charge is 2.52. The van der Waals surface area contributed by atoms with Gasteiger partial charge < -0.3 is 14.6 Å². The Bertz CT molecular complexity index is 403. The number of cyclic esters (lactones) is 3. The number of ether oxygens (including phenoxy) is 2. The summed E-state index contributed by atoms with van der Waals surface area (Å²) in [6.45, 7) is 0. The second kappa shape index (κ2) is 3.53. The van der Waals surface area contributed by atoms with Crippen LogP contribution in [0, 0.1) is 23.7 Å². The first kappa shape index (κ1) is 10.7. The van der Waals surface area contributed by atoms with E-state index in [1.807, 2.05) is 0 Å². The number of hydrogen-bond donors (Lipinski definition) is 1. The molecule has 0 aromatic heterocycles. The van der Waals surface area contributed by atoms with Crippen LogP contribution in [0.3, 0.4) is 0 Å². The summed E-state index contributed by atoms with van der Waals surface area (Å²) in [4.78, 5) is 34.5. The molecule has 3 aliphatic rings. The lowest BCUT2D eigenvalue weighted by Gasteiger charge is -2.30. The molecule has 2 aliphatic heterocycles. The molecule has 0 radical (unpaired) electrons. The van der Waals surface area contributed by atoms with Gasteiger partial charge in [0.15, 0.2) is 0 Å². The van der Waals surface area contributed by atoms with Crippen LogP contribution in [0.15, 0.2) is 0 Å². The summed E-state index contributed by atoms with van der Waals surface area (Å²) in [5.41, 5.74) is 0. The van der Waals surface area contributed by atoms with Crippen molar-refractivity contribution in [1.29, 1.82) is 0 Å². The minimum absolute atomic E-state index is 0.272. The maximum atomic E-state index is 11.5. The van der Waals surface area contributed by atoms with E-state index in [9.17, 15) is 19.5 Å². The van der Waals surface area contributed by atoms with Crippen LogP contribution in [0.25, 0.3) is 0 Å². The quantitative estimate of drug-likeness (QED) is 0.457. The Morgan fingerprint density at radius 3 is 2.29 bits per heavy atom. The van der Waals surface area contributed by atoms with Crippen LogP contribution in [-0.4, -0.2) is 29.3 Å². The second-order valence-electron chi connectivity index (χ2n) is 4.94. The number of fused-ring (bicyclic) bond motifs is 3. The SMILES string of the molecule is O=C1OC(=O)[C@@H]2C[C@H]3C[C@@H](CC12)C(O)OC3=O. The standard InChI is InChI=1S/C11H12O6/c12-8-4-1-5(9(13)16-8)3-7-6(2-4)10(14)17-11(7)15/h4-8,12H,1-3H2/t4-,5+,6?,7+,8?/m0/s1. The molecule has 0 aromatic rings. The summed E-state index contributed by atoms with van der Waals surface area (Å²) >= 11 is 0. The van der Waals surface area contributed by atoms with Crippen LogP contribution in [0.4, 0.5) is 0 Å². The van der Waals surface area contributed by atoms with Crippen molar-refractivity contribution in [3.63, 3.8) is 0 Å². The Kier molecular flexibility index (Phi) is 2.22. The minimum Gasteiger partial charge on any atom is -0.435 e. The van der Waals surface area contributed by atoms with Gasteiger partial charge in [-0.05, 0) is 19.3 Å². The van der Waals surface area contributed by atoms with Crippen molar-refractivity contribution >= 4 is 17.9 Å². The van der Waals surface area contributed by atoms with E-state index >= 15 is 0 Å². The largest absolute Gasteiger partial charge is 0.435 e. The van der Waals surface area contributed by atoms with Crippen LogP contribution in [0.5, 0.6) is 0 Å². The molecule has 1 saturated carbocycles. The Labute approximate surface area is 96.9 Å². The zero-order chi connectivity index (χ0) is 12.2. The molecule has 5 atom stereocenters. The molecule has 1 aliphatic carbocycles. The van der Waals surface area contributed by atoms with Gasteiger partial charge in [-0.15, -0.1) is 0 Å². The van der Waals surface area contributed by atoms with E-state index in [0.717, 1.165) is 0 Å². The van der Waals surface area contributed by atoms with Gasteiger partial charge >= 0.3 is 17.9 Å². The number of aliphatic hydroxyl groups is 1. The smallest absolute Gasteiger partial charge is 0.317 e. The summed E-state index contributed by atoms with van der Waals surface area (Å²) in [7, 11) is 0. The fraction of sp³-hybridized carbons (Fsp3) is 0.727. The van der Waals surface area contributed by atoms with Crippen LogP contribution < -0.4 is 0 Å². The third kappa shape index (κ3) is 1.55. The minimum atomic E-state index is -1.17. The number of aliphatic hydroxyl groups excluding tert-OH is 1. The van der Waals surface area contributed by atoms with E-state index in [1.54, 1.807) is 0 Å². The lowest BCUT2D eigenvalue weighted by Crippen LogP contribution is -2.37. The molecule has 3 rings (SSSR count). The Hall–Kier alpha value is -1.43. The molecular formula is C11H12O6. The van der Waals surface area contributed by atoms with E-state index in [4.69, 9.17) is 4.74 Å². The molecule has 2 saturated heterocycles. The van der Waals surface area contributed by atoms with Gasteiger partial charge in [0.1, 0.15) is 0 Å². The Morgan fingerprint density at radius 2 is 1.59 bits per heavy atom. The third-order valence-corrected chi connectivity index (χ3v) is 3.95. The highest BCUT2D eigenvalue weighted by molar-refractivity contribution is 5.96. The molecule has 17 heavy (non-hydrogen) atoms. The van der Waals surface area contributed by atoms with Gasteiger partial charge in [-0.25, -0.2) is 0 Å². The fourth-order valence-corrected chi connectivity index (χ4v) is 3.03. The first-order valence-corrected chi connectivity index (χ1v) is 5.70. The molecule has 6 heteroatoms. The molecule has 1 N–H and O–H groups in total. The molecular weight excluding hydrogens is 228 g/mol. The van der Waals surface area contributed by atoms with E-state index in [0.29, 0.717) is 12.8 Å². The van der Waals surface area contributed by atoms with Crippen molar-refractivity contribution in [2.45, 2.75) is 25.6 Å².